The monoisotopic (exact) mass is 233 g/mol. The fraction of sp³-hybridized carbons (Fsp3) is 1.00. The van der Waals surface area contributed by atoms with Crippen LogP contribution >= 0.6 is 19.5 Å². The summed E-state index contributed by atoms with van der Waals surface area (Å²) in [6.45, 7) is 3.30. The number of hydrogen-bond acceptors (Lipinski definition) is 5. The van der Waals surface area contributed by atoms with Gasteiger partial charge in [-0.15, -0.1) is 0 Å². The van der Waals surface area contributed by atoms with Gasteiger partial charge in [0.2, 0.25) is 0 Å². The molecule has 0 aliphatic carbocycles. The molecule has 5 nitrogen and oxygen atoms in total. The Morgan fingerprint density at radius 1 is 1.57 bits per heavy atom. The summed E-state index contributed by atoms with van der Waals surface area (Å²) in [5.74, 6) is 0. The molecule has 0 aromatic rings. The second kappa shape index (κ2) is 3.77. The molecule has 2 aliphatic rings. The van der Waals surface area contributed by atoms with Gasteiger partial charge >= 0.3 is 87.4 Å². The van der Waals surface area contributed by atoms with Gasteiger partial charge in [-0.3, -0.25) is 0 Å². The summed E-state index contributed by atoms with van der Waals surface area (Å²) in [6.07, 6.45) is -2.65. The second-order valence-corrected chi connectivity index (χ2v) is 5.03. The first-order chi connectivity index (χ1) is 6.55. The van der Waals surface area contributed by atoms with Crippen LogP contribution in [0.1, 0.15) is 0 Å². The Bertz CT molecular complexity index is 294. The third-order valence-electron chi connectivity index (χ3n) is 2.37. The van der Waals surface area contributed by atoms with Gasteiger partial charge in [0.1, 0.15) is 0 Å². The molecule has 2 N–H and O–H groups in total. The number of hydrogen-bond donors (Lipinski definition) is 3. The normalized spacial score (nSPS) is 37.9. The van der Waals surface area contributed by atoms with Gasteiger partial charge in [-0.05, 0) is 0 Å². The standard InChI is InChI=1S/C5H7B2O5PS/c8-3-2(1-11-13(10)14)12-5(4(3)9)6-7-5/h2-4,8-9H,1H2/p+1. The number of aliphatic hydroxyl groups excluding tert-OH is 2. The average molecular weight is 233 g/mol. The van der Waals surface area contributed by atoms with Crippen molar-refractivity contribution < 1.29 is 24.0 Å². The van der Waals surface area contributed by atoms with E-state index >= 15 is 0 Å². The van der Waals surface area contributed by atoms with E-state index in [1.54, 1.807) is 13.6 Å². The van der Waals surface area contributed by atoms with Gasteiger partial charge in [0.25, 0.3) is 0 Å². The fourth-order valence-corrected chi connectivity index (χ4v) is 1.97. The van der Waals surface area contributed by atoms with Gasteiger partial charge in [-0.25, -0.2) is 0 Å². The molecular weight excluding hydrogens is 225 g/mol. The van der Waals surface area contributed by atoms with Crippen LogP contribution < -0.4 is 0 Å². The molecule has 4 unspecified atom stereocenters. The molecule has 9 heteroatoms. The van der Waals surface area contributed by atoms with E-state index in [1.807, 2.05) is 0 Å². The van der Waals surface area contributed by atoms with Gasteiger partial charge in [-0.2, -0.15) is 0 Å². The molecule has 0 aromatic heterocycles. The van der Waals surface area contributed by atoms with Gasteiger partial charge < -0.3 is 0 Å². The molecule has 0 radical (unpaired) electrons. The predicted octanol–water partition coefficient (Wildman–Crippen LogP) is -1.30. The number of rotatable bonds is 3. The molecule has 1 spiro atoms. The molecule has 1 saturated heterocycles. The molecular formula is C5H8B2O5PS+. The maximum absolute atomic E-state index is 10.5. The SMILES string of the molecule is O=[P+](S)OCC1OC2(B=B2)C(O)C1O. The summed E-state index contributed by atoms with van der Waals surface area (Å²) in [7, 11) is -2.01. The van der Waals surface area contributed by atoms with E-state index in [9.17, 15) is 14.8 Å². The third kappa shape index (κ3) is 1.87. The summed E-state index contributed by atoms with van der Waals surface area (Å²) in [5, 5.41) is 18.3. The van der Waals surface area contributed by atoms with Crippen LogP contribution in [0, 0.1) is 0 Å². The van der Waals surface area contributed by atoms with Crippen LogP contribution in [0.25, 0.3) is 0 Å². The number of ether oxygens (including phenoxy) is 1. The van der Waals surface area contributed by atoms with Crippen LogP contribution in [0.2, 0.25) is 0 Å². The van der Waals surface area contributed by atoms with Crippen molar-refractivity contribution in [2.45, 2.75) is 23.7 Å². The molecule has 0 saturated carbocycles. The molecule has 2 rings (SSSR count). The molecule has 74 valence electrons. The van der Waals surface area contributed by atoms with Gasteiger partial charge in [0.05, 0.1) is 0 Å². The van der Waals surface area contributed by atoms with Crippen LogP contribution in [-0.4, -0.2) is 54.1 Å². The van der Waals surface area contributed by atoms with Crippen molar-refractivity contribution in [2.24, 2.45) is 0 Å². The molecule has 0 aromatic carbocycles. The molecule has 2 aliphatic heterocycles. The number of aliphatic hydroxyl groups is 2. The third-order valence-corrected chi connectivity index (χ3v) is 3.08. The Labute approximate surface area is 87.9 Å². The minimum atomic E-state index is -2.01. The number of thiol groups is 1. The summed E-state index contributed by atoms with van der Waals surface area (Å²) in [4.78, 5) is 0. The fourth-order valence-electron chi connectivity index (χ4n) is 1.50. The van der Waals surface area contributed by atoms with Crippen molar-refractivity contribution in [2.75, 3.05) is 6.61 Å². The van der Waals surface area contributed by atoms with Crippen molar-refractivity contribution in [3.63, 3.8) is 0 Å². The zero-order valence-corrected chi connectivity index (χ0v) is 8.90. The van der Waals surface area contributed by atoms with E-state index in [0.29, 0.717) is 0 Å². The van der Waals surface area contributed by atoms with E-state index in [2.05, 4.69) is 12.2 Å². The molecule has 2 heterocycles. The van der Waals surface area contributed by atoms with Crippen LogP contribution in [-0.2, 0) is 13.8 Å². The van der Waals surface area contributed by atoms with Gasteiger partial charge in [0, 0.05) is 0 Å². The van der Waals surface area contributed by atoms with E-state index < -0.39 is 30.9 Å². The molecule has 4 atom stereocenters. The zero-order valence-electron chi connectivity index (χ0n) is 7.11. The zero-order chi connectivity index (χ0) is 10.3. The summed E-state index contributed by atoms with van der Waals surface area (Å²) >= 11 is 3.55. The van der Waals surface area contributed by atoms with Crippen LogP contribution in [0.15, 0.2) is 0 Å². The Balaban J connectivity index is 1.92. The van der Waals surface area contributed by atoms with Crippen molar-refractivity contribution in [1.29, 1.82) is 0 Å². The molecule has 1 fully saturated rings. The summed E-state index contributed by atoms with van der Waals surface area (Å²) < 4.78 is 20.6. The molecule has 0 amide bonds. The first-order valence-electron chi connectivity index (χ1n) is 4.08. The van der Waals surface area contributed by atoms with Gasteiger partial charge in [0.15, 0.2) is 0 Å². The summed E-state index contributed by atoms with van der Waals surface area (Å²) in [6, 6.07) is 0. The van der Waals surface area contributed by atoms with E-state index in [-0.39, 0.29) is 6.61 Å². The minimum absolute atomic E-state index is 0.0413. The Hall–Kier alpha value is 0.420. The van der Waals surface area contributed by atoms with Crippen molar-refractivity contribution in [3.8, 4) is 0 Å². The van der Waals surface area contributed by atoms with Crippen LogP contribution in [0.4, 0.5) is 0 Å². The molecule has 0 bridgehead atoms. The topological polar surface area (TPSA) is 76.0 Å². The second-order valence-electron chi connectivity index (χ2n) is 3.31. The quantitative estimate of drug-likeness (QED) is 0.321. The van der Waals surface area contributed by atoms with E-state index in [1.165, 1.54) is 0 Å². The Morgan fingerprint density at radius 2 is 2.21 bits per heavy atom. The van der Waals surface area contributed by atoms with E-state index in [4.69, 9.17) is 9.26 Å². The van der Waals surface area contributed by atoms with Crippen molar-refractivity contribution >= 4 is 33.1 Å². The Morgan fingerprint density at radius 3 is 2.64 bits per heavy atom. The predicted molar refractivity (Wildman–Crippen MR) is 53.7 cm³/mol. The van der Waals surface area contributed by atoms with Crippen molar-refractivity contribution in [1.82, 2.24) is 0 Å². The van der Waals surface area contributed by atoms with Crippen LogP contribution in [0.5, 0.6) is 0 Å². The Kier molecular flexibility index (Phi) is 2.94. The van der Waals surface area contributed by atoms with Crippen molar-refractivity contribution in [3.05, 3.63) is 0 Å². The first-order valence-corrected chi connectivity index (χ1v) is 6.41. The van der Waals surface area contributed by atoms with Gasteiger partial charge in [-0.1, -0.05) is 0 Å². The van der Waals surface area contributed by atoms with Crippen LogP contribution in [0.3, 0.4) is 0 Å². The molecule has 14 heavy (non-hydrogen) atoms. The average Bonchev–Trinajstić information content (AvgIpc) is 2.86. The first kappa shape index (κ1) is 10.9. The van der Waals surface area contributed by atoms with E-state index in [0.717, 1.165) is 0 Å². The maximum atomic E-state index is 10.5. The summed E-state index contributed by atoms with van der Waals surface area (Å²) in [5.41, 5.74) is 0.